The minimum Gasteiger partial charge on any atom is -0.504 e. The van der Waals surface area contributed by atoms with Crippen LogP contribution in [0.1, 0.15) is 38.1 Å². The Labute approximate surface area is 107 Å². The van der Waals surface area contributed by atoms with Gasteiger partial charge in [-0.25, -0.2) is 0 Å². The SMILES string of the molecule is CC(=O)c1ccc(O)c(O)c1NC(C)(C)C.Cl. The molecule has 0 aromatic heterocycles. The summed E-state index contributed by atoms with van der Waals surface area (Å²) in [5.74, 6) is -0.693. The topological polar surface area (TPSA) is 69.6 Å². The maximum Gasteiger partial charge on any atom is 0.181 e. The van der Waals surface area contributed by atoms with Gasteiger partial charge in [0.1, 0.15) is 0 Å². The molecule has 96 valence electrons. The van der Waals surface area contributed by atoms with Crippen LogP contribution in [0.5, 0.6) is 11.5 Å². The molecule has 1 rings (SSSR count). The Morgan fingerprint density at radius 3 is 2.18 bits per heavy atom. The van der Waals surface area contributed by atoms with Crippen LogP contribution in [0.15, 0.2) is 12.1 Å². The molecule has 0 aliphatic rings. The van der Waals surface area contributed by atoms with E-state index in [0.29, 0.717) is 5.56 Å². The summed E-state index contributed by atoms with van der Waals surface area (Å²) < 4.78 is 0. The van der Waals surface area contributed by atoms with Gasteiger partial charge in [0.05, 0.1) is 5.69 Å². The van der Waals surface area contributed by atoms with Crippen LogP contribution in [-0.2, 0) is 0 Å². The summed E-state index contributed by atoms with van der Waals surface area (Å²) in [6.45, 7) is 7.13. The number of benzene rings is 1. The number of phenolic OH excluding ortho intramolecular Hbond substituents is 2. The number of ketones is 1. The lowest BCUT2D eigenvalue weighted by atomic mass is 10.0. The molecule has 4 nitrogen and oxygen atoms in total. The Kier molecular flexibility index (Phi) is 4.83. The third kappa shape index (κ3) is 3.82. The smallest absolute Gasteiger partial charge is 0.181 e. The van der Waals surface area contributed by atoms with Gasteiger partial charge in [-0.05, 0) is 39.8 Å². The molecule has 0 saturated carbocycles. The van der Waals surface area contributed by atoms with Crippen LogP contribution in [0.2, 0.25) is 0 Å². The fraction of sp³-hybridized carbons (Fsp3) is 0.417. The van der Waals surface area contributed by atoms with Crippen LogP contribution >= 0.6 is 12.4 Å². The molecule has 1 aromatic rings. The average molecular weight is 260 g/mol. The summed E-state index contributed by atoms with van der Waals surface area (Å²) in [5, 5.41) is 22.1. The van der Waals surface area contributed by atoms with Gasteiger partial charge in [0.15, 0.2) is 17.3 Å². The van der Waals surface area contributed by atoms with E-state index < -0.39 is 0 Å². The number of aromatic hydroxyl groups is 2. The number of Topliss-reactive ketones (excluding diaryl/α,β-unsaturated/α-hetero) is 1. The van der Waals surface area contributed by atoms with Crippen LogP contribution < -0.4 is 5.32 Å². The Morgan fingerprint density at radius 1 is 1.24 bits per heavy atom. The van der Waals surface area contributed by atoms with Crippen molar-refractivity contribution in [1.29, 1.82) is 0 Å². The fourth-order valence-electron chi connectivity index (χ4n) is 1.38. The summed E-state index contributed by atoms with van der Waals surface area (Å²) in [6.07, 6.45) is 0. The second-order valence-corrected chi connectivity index (χ2v) is 4.79. The Hall–Kier alpha value is -1.42. The largest absolute Gasteiger partial charge is 0.504 e. The maximum atomic E-state index is 11.4. The van der Waals surface area contributed by atoms with E-state index in [2.05, 4.69) is 5.32 Å². The molecular formula is C12H18ClNO3. The molecule has 0 aliphatic carbocycles. The molecule has 0 saturated heterocycles. The van der Waals surface area contributed by atoms with E-state index in [1.807, 2.05) is 20.8 Å². The lowest BCUT2D eigenvalue weighted by molar-refractivity contribution is 0.101. The first-order chi connectivity index (χ1) is 7.22. The number of nitrogens with one attached hydrogen (secondary N) is 1. The molecule has 3 N–H and O–H groups in total. The van der Waals surface area contributed by atoms with Crippen molar-refractivity contribution in [1.82, 2.24) is 0 Å². The number of rotatable bonds is 2. The predicted octanol–water partition coefficient (Wildman–Crippen LogP) is 2.93. The lowest BCUT2D eigenvalue weighted by Gasteiger charge is -2.24. The number of anilines is 1. The van der Waals surface area contributed by atoms with E-state index in [9.17, 15) is 15.0 Å². The summed E-state index contributed by atoms with van der Waals surface area (Å²) in [4.78, 5) is 11.4. The number of hydrogen-bond acceptors (Lipinski definition) is 4. The predicted molar refractivity (Wildman–Crippen MR) is 70.4 cm³/mol. The molecule has 0 atom stereocenters. The van der Waals surface area contributed by atoms with Gasteiger partial charge in [-0.3, -0.25) is 4.79 Å². The molecule has 1 aromatic carbocycles. The van der Waals surface area contributed by atoms with Crippen molar-refractivity contribution in [2.75, 3.05) is 5.32 Å². The van der Waals surface area contributed by atoms with E-state index in [1.165, 1.54) is 19.1 Å². The zero-order valence-electron chi connectivity index (χ0n) is 10.4. The number of carbonyl (C=O) groups is 1. The van der Waals surface area contributed by atoms with Gasteiger partial charge < -0.3 is 15.5 Å². The van der Waals surface area contributed by atoms with E-state index in [4.69, 9.17) is 0 Å². The van der Waals surface area contributed by atoms with Crippen LogP contribution in [0, 0.1) is 0 Å². The second-order valence-electron chi connectivity index (χ2n) is 4.79. The van der Waals surface area contributed by atoms with Crippen molar-refractivity contribution in [3.63, 3.8) is 0 Å². The molecule has 0 unspecified atom stereocenters. The molecule has 0 spiro atoms. The molecular weight excluding hydrogens is 242 g/mol. The Bertz CT molecular complexity index is 424. The van der Waals surface area contributed by atoms with Crippen molar-refractivity contribution < 1.29 is 15.0 Å². The summed E-state index contributed by atoms with van der Waals surface area (Å²) in [7, 11) is 0. The first-order valence-corrected chi connectivity index (χ1v) is 5.06. The molecule has 0 amide bonds. The van der Waals surface area contributed by atoms with Gasteiger partial charge in [-0.1, -0.05) is 0 Å². The minimum absolute atomic E-state index is 0. The highest BCUT2D eigenvalue weighted by molar-refractivity contribution is 6.01. The lowest BCUT2D eigenvalue weighted by Crippen LogP contribution is -2.27. The third-order valence-electron chi connectivity index (χ3n) is 2.04. The van der Waals surface area contributed by atoms with Gasteiger partial charge in [0, 0.05) is 11.1 Å². The van der Waals surface area contributed by atoms with Crippen LogP contribution in [0.4, 0.5) is 5.69 Å². The quantitative estimate of drug-likeness (QED) is 0.564. The van der Waals surface area contributed by atoms with Gasteiger partial charge in [-0.2, -0.15) is 0 Å². The summed E-state index contributed by atoms with van der Waals surface area (Å²) >= 11 is 0. The zero-order valence-corrected chi connectivity index (χ0v) is 11.2. The van der Waals surface area contributed by atoms with Crippen molar-refractivity contribution in [2.45, 2.75) is 33.2 Å². The monoisotopic (exact) mass is 259 g/mol. The molecule has 0 aliphatic heterocycles. The van der Waals surface area contributed by atoms with Gasteiger partial charge in [0.25, 0.3) is 0 Å². The molecule has 0 bridgehead atoms. The molecule has 0 heterocycles. The molecule has 0 radical (unpaired) electrons. The van der Waals surface area contributed by atoms with Gasteiger partial charge >= 0.3 is 0 Å². The summed E-state index contributed by atoms with van der Waals surface area (Å²) in [5.41, 5.74) is 0.334. The Balaban J connectivity index is 0.00000256. The van der Waals surface area contributed by atoms with E-state index in [0.717, 1.165) is 0 Å². The van der Waals surface area contributed by atoms with Gasteiger partial charge in [-0.15, -0.1) is 12.4 Å². The van der Waals surface area contributed by atoms with Crippen molar-refractivity contribution in [3.05, 3.63) is 17.7 Å². The van der Waals surface area contributed by atoms with E-state index in [1.54, 1.807) is 0 Å². The molecule has 5 heteroatoms. The van der Waals surface area contributed by atoms with E-state index >= 15 is 0 Å². The first-order valence-electron chi connectivity index (χ1n) is 5.06. The number of phenols is 2. The maximum absolute atomic E-state index is 11.4. The van der Waals surface area contributed by atoms with Crippen molar-refractivity contribution in [3.8, 4) is 11.5 Å². The van der Waals surface area contributed by atoms with Crippen molar-refractivity contribution in [2.24, 2.45) is 0 Å². The highest BCUT2D eigenvalue weighted by Gasteiger charge is 2.19. The number of carbonyl (C=O) groups excluding carboxylic acids is 1. The minimum atomic E-state index is -0.310. The Morgan fingerprint density at radius 2 is 1.76 bits per heavy atom. The van der Waals surface area contributed by atoms with Gasteiger partial charge in [0.2, 0.25) is 0 Å². The van der Waals surface area contributed by atoms with E-state index in [-0.39, 0.29) is 40.9 Å². The summed E-state index contributed by atoms with van der Waals surface area (Å²) in [6, 6.07) is 2.80. The highest BCUT2D eigenvalue weighted by atomic mass is 35.5. The first kappa shape index (κ1) is 15.6. The standard InChI is InChI=1S/C12H17NO3.ClH/c1-7(14)8-5-6-9(15)11(16)10(8)13-12(2,3)4;/h5-6,13,15-16H,1-4H3;1H. The number of halogens is 1. The highest BCUT2D eigenvalue weighted by Crippen LogP contribution is 2.37. The zero-order chi connectivity index (χ0) is 12.5. The van der Waals surface area contributed by atoms with Crippen LogP contribution in [-0.4, -0.2) is 21.5 Å². The normalized spacial score (nSPS) is 10.6. The third-order valence-corrected chi connectivity index (χ3v) is 2.04. The molecule has 0 fully saturated rings. The van der Waals surface area contributed by atoms with Crippen LogP contribution in [0.25, 0.3) is 0 Å². The molecule has 17 heavy (non-hydrogen) atoms. The fourth-order valence-corrected chi connectivity index (χ4v) is 1.38. The number of hydrogen-bond donors (Lipinski definition) is 3. The average Bonchev–Trinajstić information content (AvgIpc) is 2.10. The second kappa shape index (κ2) is 5.27. The van der Waals surface area contributed by atoms with Crippen molar-refractivity contribution >= 4 is 23.9 Å². The van der Waals surface area contributed by atoms with Crippen LogP contribution in [0.3, 0.4) is 0 Å².